The molecule has 32 heavy (non-hydrogen) atoms. The molecule has 2 aromatic rings. The van der Waals surface area contributed by atoms with Gasteiger partial charge < -0.3 is 20.7 Å². The molecule has 0 aliphatic carbocycles. The topological polar surface area (TPSA) is 74.8 Å². The molecule has 0 saturated heterocycles. The van der Waals surface area contributed by atoms with Gasteiger partial charge >= 0.3 is 6.18 Å². The first kappa shape index (κ1) is 25.8. The molecule has 2 aromatic carbocycles. The minimum atomic E-state index is -4.47. The molecule has 0 bridgehead atoms. The molecule has 0 fully saturated rings. The lowest BCUT2D eigenvalue weighted by molar-refractivity contribution is -0.139. The Bertz CT molecular complexity index is 937. The monoisotopic (exact) mass is 562 g/mol. The molecule has 0 saturated carbocycles. The van der Waals surface area contributed by atoms with Gasteiger partial charge in [-0.2, -0.15) is 13.2 Å². The SMILES string of the molecule is CCNC(=NCC1CC(=O)Nc2ccccc21)NCCOc1ccccc1C(F)(F)F.I. The van der Waals surface area contributed by atoms with Gasteiger partial charge in [0.05, 0.1) is 18.7 Å². The number of para-hydroxylation sites is 2. The Morgan fingerprint density at radius 2 is 1.88 bits per heavy atom. The number of hydrogen-bond donors (Lipinski definition) is 3. The van der Waals surface area contributed by atoms with Crippen LogP contribution in [0.15, 0.2) is 53.5 Å². The highest BCUT2D eigenvalue weighted by Crippen LogP contribution is 2.35. The molecule has 1 unspecified atom stereocenters. The Balaban J connectivity index is 0.00000363. The lowest BCUT2D eigenvalue weighted by atomic mass is 9.91. The van der Waals surface area contributed by atoms with Crippen LogP contribution in [0, 0.1) is 0 Å². The number of aliphatic imine (C=N–C) groups is 1. The molecular formula is C22H26F3IN4O2. The first-order valence-electron chi connectivity index (χ1n) is 10.1. The molecule has 1 aliphatic rings. The second kappa shape index (κ2) is 11.9. The minimum Gasteiger partial charge on any atom is -0.491 e. The fourth-order valence-corrected chi connectivity index (χ4v) is 3.37. The normalized spacial score (nSPS) is 15.8. The number of anilines is 1. The molecule has 0 radical (unpaired) electrons. The molecule has 1 aliphatic heterocycles. The van der Waals surface area contributed by atoms with E-state index in [0.717, 1.165) is 17.3 Å². The first-order valence-corrected chi connectivity index (χ1v) is 10.1. The summed E-state index contributed by atoms with van der Waals surface area (Å²) in [5.74, 6) is 0.214. The molecule has 6 nitrogen and oxygen atoms in total. The average molecular weight is 562 g/mol. The average Bonchev–Trinajstić information content (AvgIpc) is 2.74. The van der Waals surface area contributed by atoms with Crippen molar-refractivity contribution in [1.29, 1.82) is 0 Å². The van der Waals surface area contributed by atoms with Crippen molar-refractivity contribution in [3.05, 3.63) is 59.7 Å². The number of hydrogen-bond acceptors (Lipinski definition) is 3. The van der Waals surface area contributed by atoms with Crippen LogP contribution >= 0.6 is 24.0 Å². The summed E-state index contributed by atoms with van der Waals surface area (Å²) in [7, 11) is 0. The molecule has 1 amide bonds. The van der Waals surface area contributed by atoms with Crippen LogP contribution in [0.1, 0.15) is 30.4 Å². The van der Waals surface area contributed by atoms with Crippen molar-refractivity contribution in [1.82, 2.24) is 10.6 Å². The number of guanidine groups is 1. The molecule has 174 valence electrons. The fraction of sp³-hybridized carbons (Fsp3) is 0.364. The number of ether oxygens (including phenoxy) is 1. The van der Waals surface area contributed by atoms with Gasteiger partial charge in [0.2, 0.25) is 5.91 Å². The van der Waals surface area contributed by atoms with Crippen LogP contribution in [0.5, 0.6) is 5.75 Å². The van der Waals surface area contributed by atoms with E-state index in [2.05, 4.69) is 20.9 Å². The molecule has 0 spiro atoms. The van der Waals surface area contributed by atoms with Gasteiger partial charge in [0.1, 0.15) is 12.4 Å². The van der Waals surface area contributed by atoms with Gasteiger partial charge in [0, 0.05) is 24.6 Å². The van der Waals surface area contributed by atoms with Crippen LogP contribution < -0.4 is 20.7 Å². The summed E-state index contributed by atoms with van der Waals surface area (Å²) in [4.78, 5) is 16.5. The highest BCUT2D eigenvalue weighted by atomic mass is 127. The van der Waals surface area contributed by atoms with Crippen molar-refractivity contribution in [2.24, 2.45) is 4.99 Å². The summed E-state index contributed by atoms with van der Waals surface area (Å²) in [6.07, 6.45) is -4.12. The van der Waals surface area contributed by atoms with E-state index in [0.29, 0.717) is 25.5 Å². The third-order valence-electron chi connectivity index (χ3n) is 4.77. The van der Waals surface area contributed by atoms with Gasteiger partial charge in [-0.15, -0.1) is 24.0 Å². The molecule has 3 N–H and O–H groups in total. The molecule has 1 atom stereocenters. The Morgan fingerprint density at radius 1 is 1.16 bits per heavy atom. The number of amides is 1. The van der Waals surface area contributed by atoms with Gasteiger partial charge in [-0.3, -0.25) is 9.79 Å². The summed E-state index contributed by atoms with van der Waals surface area (Å²) < 4.78 is 44.5. The maximum absolute atomic E-state index is 13.0. The smallest absolute Gasteiger partial charge is 0.419 e. The zero-order valence-corrected chi connectivity index (χ0v) is 19.9. The number of carbonyl (C=O) groups excluding carboxylic acids is 1. The van der Waals surface area contributed by atoms with E-state index in [1.165, 1.54) is 18.2 Å². The summed E-state index contributed by atoms with van der Waals surface area (Å²) >= 11 is 0. The maximum Gasteiger partial charge on any atom is 0.419 e. The number of alkyl halides is 3. The largest absolute Gasteiger partial charge is 0.491 e. The third-order valence-corrected chi connectivity index (χ3v) is 4.77. The number of nitrogens with one attached hydrogen (secondary N) is 3. The lowest BCUT2D eigenvalue weighted by Gasteiger charge is -2.24. The van der Waals surface area contributed by atoms with Crippen molar-refractivity contribution in [2.75, 3.05) is 31.6 Å². The number of halogens is 4. The molecule has 0 aromatic heterocycles. The van der Waals surface area contributed by atoms with Crippen LogP contribution in [-0.2, 0) is 11.0 Å². The first-order chi connectivity index (χ1) is 14.9. The Hall–Kier alpha value is -2.50. The van der Waals surface area contributed by atoms with Crippen LogP contribution in [-0.4, -0.2) is 38.1 Å². The van der Waals surface area contributed by atoms with Gasteiger partial charge in [-0.05, 0) is 30.7 Å². The summed E-state index contributed by atoms with van der Waals surface area (Å²) in [5, 5.41) is 9.01. The van der Waals surface area contributed by atoms with Gasteiger partial charge in [0.25, 0.3) is 0 Å². The number of benzene rings is 2. The van der Waals surface area contributed by atoms with Crippen LogP contribution in [0.25, 0.3) is 0 Å². The van der Waals surface area contributed by atoms with E-state index >= 15 is 0 Å². The zero-order valence-electron chi connectivity index (χ0n) is 17.5. The van der Waals surface area contributed by atoms with E-state index in [9.17, 15) is 18.0 Å². The third kappa shape index (κ3) is 7.01. The predicted molar refractivity (Wildman–Crippen MR) is 129 cm³/mol. The number of fused-ring (bicyclic) bond motifs is 1. The highest BCUT2D eigenvalue weighted by molar-refractivity contribution is 14.0. The van der Waals surface area contributed by atoms with Crippen molar-refractivity contribution in [2.45, 2.75) is 25.4 Å². The van der Waals surface area contributed by atoms with E-state index in [1.807, 2.05) is 31.2 Å². The Morgan fingerprint density at radius 3 is 2.62 bits per heavy atom. The summed E-state index contributed by atoms with van der Waals surface area (Å²) in [6.45, 7) is 3.23. The molecular weight excluding hydrogens is 536 g/mol. The fourth-order valence-electron chi connectivity index (χ4n) is 3.37. The Kier molecular flexibility index (Phi) is 9.60. The predicted octanol–water partition coefficient (Wildman–Crippen LogP) is 4.38. The number of carbonyl (C=O) groups is 1. The minimum absolute atomic E-state index is 0. The van der Waals surface area contributed by atoms with Crippen LogP contribution in [0.4, 0.5) is 18.9 Å². The van der Waals surface area contributed by atoms with Gasteiger partial charge in [0.15, 0.2) is 5.96 Å². The number of rotatable bonds is 7. The van der Waals surface area contributed by atoms with Crippen molar-refractivity contribution in [3.8, 4) is 5.75 Å². The second-order valence-corrected chi connectivity index (χ2v) is 7.03. The van der Waals surface area contributed by atoms with Crippen LogP contribution in [0.3, 0.4) is 0 Å². The quantitative estimate of drug-likeness (QED) is 0.203. The van der Waals surface area contributed by atoms with E-state index in [1.54, 1.807) is 0 Å². The highest BCUT2D eigenvalue weighted by Gasteiger charge is 2.34. The van der Waals surface area contributed by atoms with Crippen molar-refractivity contribution < 1.29 is 22.7 Å². The lowest BCUT2D eigenvalue weighted by Crippen LogP contribution is -2.39. The number of nitrogens with zero attached hydrogens (tertiary/aromatic N) is 1. The van der Waals surface area contributed by atoms with E-state index in [-0.39, 0.29) is 54.7 Å². The maximum atomic E-state index is 13.0. The second-order valence-electron chi connectivity index (χ2n) is 7.03. The Labute approximate surface area is 202 Å². The molecule has 3 rings (SSSR count). The zero-order chi connectivity index (χ0) is 22.3. The summed E-state index contributed by atoms with van der Waals surface area (Å²) in [5.41, 5.74) is 1.03. The summed E-state index contributed by atoms with van der Waals surface area (Å²) in [6, 6.07) is 12.7. The van der Waals surface area contributed by atoms with Gasteiger partial charge in [-0.25, -0.2) is 0 Å². The van der Waals surface area contributed by atoms with Crippen molar-refractivity contribution in [3.63, 3.8) is 0 Å². The van der Waals surface area contributed by atoms with Gasteiger partial charge in [-0.1, -0.05) is 30.3 Å². The van der Waals surface area contributed by atoms with Crippen molar-refractivity contribution >= 4 is 41.5 Å². The van der Waals surface area contributed by atoms with E-state index < -0.39 is 11.7 Å². The molecule has 10 heteroatoms. The van der Waals surface area contributed by atoms with E-state index in [4.69, 9.17) is 4.74 Å². The van der Waals surface area contributed by atoms with Crippen LogP contribution in [0.2, 0.25) is 0 Å². The molecule has 1 heterocycles. The standard InChI is InChI=1S/C22H25F3N4O2.HI/c1-2-26-21(27-11-12-31-19-10-6-4-8-17(19)22(23,24)25)28-14-15-13-20(30)29-18-9-5-3-7-16(15)18;/h3-10,15H,2,11-14H2,1H3,(H,29,30)(H2,26,27,28);1H.